The van der Waals surface area contributed by atoms with E-state index in [2.05, 4.69) is 24.3 Å². The second kappa shape index (κ2) is 7.82. The van der Waals surface area contributed by atoms with Crippen LogP contribution in [0.15, 0.2) is 24.3 Å². The Labute approximate surface area is 139 Å². The zero-order valence-corrected chi connectivity index (χ0v) is 14.5. The molecular weight excluding hydrogens is 290 g/mol. The first-order valence-corrected chi connectivity index (χ1v) is 8.56. The van der Waals surface area contributed by atoms with E-state index < -0.39 is 5.60 Å². The van der Waals surface area contributed by atoms with Crippen LogP contribution in [0.1, 0.15) is 57.1 Å². The van der Waals surface area contributed by atoms with Crippen molar-refractivity contribution in [3.05, 3.63) is 35.4 Å². The van der Waals surface area contributed by atoms with Crippen LogP contribution < -0.4 is 0 Å². The first-order valence-electron chi connectivity index (χ1n) is 8.56. The molecule has 1 aromatic carbocycles. The molecule has 2 rings (SSSR count). The summed E-state index contributed by atoms with van der Waals surface area (Å²) in [5.41, 5.74) is 2.19. The summed E-state index contributed by atoms with van der Waals surface area (Å²) in [7, 11) is 0. The molecule has 0 aromatic heterocycles. The van der Waals surface area contributed by atoms with E-state index in [0.29, 0.717) is 5.92 Å². The van der Waals surface area contributed by atoms with Gasteiger partial charge in [-0.2, -0.15) is 0 Å². The maximum absolute atomic E-state index is 12.1. The smallest absolute Gasteiger partial charge is 0.410 e. The van der Waals surface area contributed by atoms with Gasteiger partial charge in [0.1, 0.15) is 5.60 Å². The molecule has 1 aliphatic heterocycles. The van der Waals surface area contributed by atoms with E-state index in [0.717, 1.165) is 38.8 Å². The number of amides is 1. The fraction of sp³-hybridized carbons (Fsp3) is 0.632. The molecule has 0 saturated carbocycles. The Balaban J connectivity index is 1.85. The van der Waals surface area contributed by atoms with Crippen LogP contribution in [0.3, 0.4) is 0 Å². The standard InChI is InChI=1S/C19H29NO3/c1-19(2,3)23-18(22)20-12-10-17(11-13-20)16-8-6-15(7-9-16)5-4-14-21/h6-9,17,21H,4-5,10-14H2,1-3H3. The van der Waals surface area contributed by atoms with Crippen molar-refractivity contribution >= 4 is 6.09 Å². The average molecular weight is 319 g/mol. The van der Waals surface area contributed by atoms with Crippen LogP contribution >= 0.6 is 0 Å². The zero-order valence-electron chi connectivity index (χ0n) is 14.5. The highest BCUT2D eigenvalue weighted by Gasteiger charge is 2.27. The van der Waals surface area contributed by atoms with E-state index in [4.69, 9.17) is 9.84 Å². The third-order valence-corrected chi connectivity index (χ3v) is 4.22. The van der Waals surface area contributed by atoms with Gasteiger partial charge in [-0.1, -0.05) is 24.3 Å². The summed E-state index contributed by atoms with van der Waals surface area (Å²) in [5.74, 6) is 0.514. The maximum atomic E-state index is 12.1. The number of likely N-dealkylation sites (tertiary alicyclic amines) is 1. The largest absolute Gasteiger partial charge is 0.444 e. The van der Waals surface area contributed by atoms with Gasteiger partial charge in [0.15, 0.2) is 0 Å². The number of benzene rings is 1. The monoisotopic (exact) mass is 319 g/mol. The first-order chi connectivity index (χ1) is 10.9. The van der Waals surface area contributed by atoms with Gasteiger partial charge in [0, 0.05) is 19.7 Å². The molecule has 0 unspecified atom stereocenters. The molecular formula is C19H29NO3. The van der Waals surface area contributed by atoms with E-state index in [-0.39, 0.29) is 12.7 Å². The normalized spacial score (nSPS) is 16.4. The molecule has 1 aromatic rings. The van der Waals surface area contributed by atoms with Gasteiger partial charge in [-0.25, -0.2) is 4.79 Å². The topological polar surface area (TPSA) is 49.8 Å². The van der Waals surface area contributed by atoms with Gasteiger partial charge in [-0.05, 0) is 63.5 Å². The van der Waals surface area contributed by atoms with Gasteiger partial charge >= 0.3 is 6.09 Å². The van der Waals surface area contributed by atoms with Crippen LogP contribution in [0.25, 0.3) is 0 Å². The van der Waals surface area contributed by atoms with Crippen LogP contribution in [-0.2, 0) is 11.2 Å². The second-order valence-electron chi connectivity index (χ2n) is 7.31. The molecule has 0 spiro atoms. The molecule has 0 bridgehead atoms. The van der Waals surface area contributed by atoms with Crippen molar-refractivity contribution in [2.45, 2.75) is 58.0 Å². The molecule has 0 radical (unpaired) electrons. The van der Waals surface area contributed by atoms with Crippen LogP contribution in [0.4, 0.5) is 4.79 Å². The van der Waals surface area contributed by atoms with Gasteiger partial charge in [0.25, 0.3) is 0 Å². The highest BCUT2D eigenvalue weighted by Crippen LogP contribution is 2.29. The number of aliphatic hydroxyl groups is 1. The second-order valence-corrected chi connectivity index (χ2v) is 7.31. The summed E-state index contributed by atoms with van der Waals surface area (Å²) in [6.07, 6.45) is 3.50. The molecule has 4 nitrogen and oxygen atoms in total. The van der Waals surface area contributed by atoms with Crippen molar-refractivity contribution in [1.29, 1.82) is 0 Å². The lowest BCUT2D eigenvalue weighted by Crippen LogP contribution is -2.41. The lowest BCUT2D eigenvalue weighted by Gasteiger charge is -2.33. The predicted molar refractivity (Wildman–Crippen MR) is 91.6 cm³/mol. The lowest BCUT2D eigenvalue weighted by molar-refractivity contribution is 0.0205. The lowest BCUT2D eigenvalue weighted by atomic mass is 9.89. The molecule has 1 N–H and O–H groups in total. The number of aliphatic hydroxyl groups excluding tert-OH is 1. The minimum atomic E-state index is -0.432. The number of hydrogen-bond acceptors (Lipinski definition) is 3. The summed E-state index contributed by atoms with van der Waals surface area (Å²) < 4.78 is 5.44. The molecule has 1 fully saturated rings. The first kappa shape index (κ1) is 17.8. The minimum absolute atomic E-state index is 0.199. The van der Waals surface area contributed by atoms with E-state index in [1.54, 1.807) is 0 Å². The fourth-order valence-electron chi connectivity index (χ4n) is 2.96. The summed E-state index contributed by atoms with van der Waals surface area (Å²) >= 11 is 0. The summed E-state index contributed by atoms with van der Waals surface area (Å²) in [6, 6.07) is 8.71. The Morgan fingerprint density at radius 1 is 1.22 bits per heavy atom. The van der Waals surface area contributed by atoms with Gasteiger partial charge in [0.2, 0.25) is 0 Å². The van der Waals surface area contributed by atoms with Crippen LogP contribution in [-0.4, -0.2) is 41.4 Å². The fourth-order valence-corrected chi connectivity index (χ4v) is 2.96. The van der Waals surface area contributed by atoms with Gasteiger partial charge in [-0.3, -0.25) is 0 Å². The Hall–Kier alpha value is -1.55. The average Bonchev–Trinajstić information content (AvgIpc) is 2.52. The molecule has 0 atom stereocenters. The van der Waals surface area contributed by atoms with Crippen LogP contribution in [0, 0.1) is 0 Å². The number of carbonyl (C=O) groups is 1. The van der Waals surface area contributed by atoms with E-state index in [1.165, 1.54) is 11.1 Å². The summed E-state index contributed by atoms with van der Waals surface area (Å²) in [5, 5.41) is 8.88. The van der Waals surface area contributed by atoms with Crippen molar-refractivity contribution in [1.82, 2.24) is 4.90 Å². The number of aryl methyl sites for hydroxylation is 1. The molecule has 128 valence electrons. The molecule has 1 heterocycles. The molecule has 4 heteroatoms. The number of carbonyl (C=O) groups excluding carboxylic acids is 1. The predicted octanol–water partition coefficient (Wildman–Crippen LogP) is 3.73. The molecule has 1 amide bonds. The molecule has 1 saturated heterocycles. The van der Waals surface area contributed by atoms with Crippen molar-refractivity contribution in [3.8, 4) is 0 Å². The van der Waals surface area contributed by atoms with Gasteiger partial charge in [0.05, 0.1) is 0 Å². The summed E-state index contributed by atoms with van der Waals surface area (Å²) in [4.78, 5) is 13.9. The number of rotatable bonds is 4. The van der Waals surface area contributed by atoms with Crippen molar-refractivity contribution < 1.29 is 14.6 Å². The van der Waals surface area contributed by atoms with Crippen LogP contribution in [0.5, 0.6) is 0 Å². The molecule has 1 aliphatic rings. The van der Waals surface area contributed by atoms with Crippen molar-refractivity contribution in [2.24, 2.45) is 0 Å². The van der Waals surface area contributed by atoms with Crippen molar-refractivity contribution in [3.63, 3.8) is 0 Å². The molecule has 23 heavy (non-hydrogen) atoms. The van der Waals surface area contributed by atoms with Gasteiger partial charge < -0.3 is 14.7 Å². The van der Waals surface area contributed by atoms with Crippen LogP contribution in [0.2, 0.25) is 0 Å². The quantitative estimate of drug-likeness (QED) is 0.920. The zero-order chi connectivity index (χ0) is 16.9. The van der Waals surface area contributed by atoms with E-state index in [9.17, 15) is 4.79 Å². The minimum Gasteiger partial charge on any atom is -0.444 e. The number of ether oxygens (including phenoxy) is 1. The Bertz CT molecular complexity index is 496. The number of hydrogen-bond donors (Lipinski definition) is 1. The highest BCUT2D eigenvalue weighted by atomic mass is 16.6. The SMILES string of the molecule is CC(C)(C)OC(=O)N1CCC(c2ccc(CCCO)cc2)CC1. The number of nitrogens with zero attached hydrogens (tertiary/aromatic N) is 1. The Morgan fingerprint density at radius 2 is 1.83 bits per heavy atom. The Kier molecular flexibility index (Phi) is 6.05. The van der Waals surface area contributed by atoms with E-state index in [1.807, 2.05) is 25.7 Å². The molecule has 0 aliphatic carbocycles. The van der Waals surface area contributed by atoms with Gasteiger partial charge in [-0.15, -0.1) is 0 Å². The number of piperidine rings is 1. The third-order valence-electron chi connectivity index (χ3n) is 4.22. The third kappa shape index (κ3) is 5.54. The van der Waals surface area contributed by atoms with E-state index >= 15 is 0 Å². The summed E-state index contributed by atoms with van der Waals surface area (Å²) in [6.45, 7) is 7.45. The highest BCUT2D eigenvalue weighted by molar-refractivity contribution is 5.68. The maximum Gasteiger partial charge on any atom is 0.410 e. The Morgan fingerprint density at radius 3 is 2.35 bits per heavy atom. The van der Waals surface area contributed by atoms with Crippen molar-refractivity contribution in [2.75, 3.05) is 19.7 Å².